The van der Waals surface area contributed by atoms with Gasteiger partial charge in [0, 0.05) is 26.4 Å². The Morgan fingerprint density at radius 1 is 0.526 bits per heavy atom. The molecular formula is C34H72O4. The second-order valence-electron chi connectivity index (χ2n) is 10.8. The molecule has 0 fully saturated rings. The molecule has 0 aromatic rings. The summed E-state index contributed by atoms with van der Waals surface area (Å²) in [4.78, 5) is 0. The van der Waals surface area contributed by atoms with E-state index in [4.69, 9.17) is 20.1 Å². The van der Waals surface area contributed by atoms with Crippen molar-refractivity contribution in [3.8, 4) is 0 Å². The summed E-state index contributed by atoms with van der Waals surface area (Å²) in [7, 11) is 0. The highest BCUT2D eigenvalue weighted by atomic mass is 16.5. The second-order valence-corrected chi connectivity index (χ2v) is 10.8. The Balaban J connectivity index is -0.000000564. The first-order valence-electron chi connectivity index (χ1n) is 16.7. The van der Waals surface area contributed by atoms with E-state index in [1.54, 1.807) is 0 Å². The van der Waals surface area contributed by atoms with Crippen molar-refractivity contribution in [2.75, 3.05) is 26.4 Å². The van der Waals surface area contributed by atoms with Crippen molar-refractivity contribution in [3.05, 3.63) is 12.7 Å². The number of unbranched alkanes of at least 4 members (excludes halogenated alkanes) is 19. The molecule has 232 valence electrons. The van der Waals surface area contributed by atoms with Gasteiger partial charge in [0.05, 0.1) is 6.10 Å². The predicted octanol–water partition coefficient (Wildman–Crippen LogP) is 9.93. The molecule has 0 aliphatic heterocycles. The molecule has 4 heteroatoms. The summed E-state index contributed by atoms with van der Waals surface area (Å²) in [5.41, 5.74) is 0. The molecule has 0 aliphatic carbocycles. The molecule has 0 amide bonds. The van der Waals surface area contributed by atoms with Gasteiger partial charge in [-0.3, -0.25) is 0 Å². The molecule has 0 radical (unpaired) electrons. The molecule has 0 saturated heterocycles. The monoisotopic (exact) mass is 545 g/mol. The fraction of sp³-hybridized carbons (Fsp3) is 0.941. The topological polar surface area (TPSA) is 69.9 Å². The molecule has 0 aromatic heterocycles. The number of rotatable bonds is 28. The summed E-state index contributed by atoms with van der Waals surface area (Å²) < 4.78 is 5.60. The average Bonchev–Trinajstić information content (AvgIpc) is 2.92. The maximum atomic E-state index is 8.66. The third-order valence-corrected chi connectivity index (χ3v) is 6.75. The summed E-state index contributed by atoms with van der Waals surface area (Å²) in [6.45, 7) is 11.6. The molecule has 0 aliphatic rings. The highest BCUT2D eigenvalue weighted by Gasteiger charge is 2.01. The molecule has 4 nitrogen and oxygen atoms in total. The van der Waals surface area contributed by atoms with Crippen molar-refractivity contribution in [1.82, 2.24) is 0 Å². The van der Waals surface area contributed by atoms with Gasteiger partial charge in [-0.05, 0) is 39.0 Å². The van der Waals surface area contributed by atoms with Crippen LogP contribution >= 0.6 is 0 Å². The van der Waals surface area contributed by atoms with Gasteiger partial charge in [0.25, 0.3) is 0 Å². The fourth-order valence-corrected chi connectivity index (χ4v) is 4.20. The Hall–Kier alpha value is -0.420. The smallest absolute Gasteiger partial charge is 0.0547 e. The minimum Gasteiger partial charge on any atom is -0.396 e. The van der Waals surface area contributed by atoms with Gasteiger partial charge in [-0.15, -0.1) is 6.58 Å². The molecule has 0 bridgehead atoms. The highest BCUT2D eigenvalue weighted by molar-refractivity contribution is 4.65. The van der Waals surface area contributed by atoms with E-state index in [0.29, 0.717) is 19.1 Å². The standard InChI is InChI=1S/C17H36O2.C14H28.C3H8O2/c1-3-4-5-6-7-8-9-10-11-12-14-17(2)19-16-13-15-18;1-3-5-7-9-11-13-14-12-10-8-6-4-2;4-2-1-3-5/h17-18H,3-16H2,1-2H3;3H,1,4-14H2,2H3;4-5H,1-3H2. The minimum absolute atomic E-state index is 0.0938. The van der Waals surface area contributed by atoms with Crippen LogP contribution in [-0.2, 0) is 4.74 Å². The van der Waals surface area contributed by atoms with Crippen LogP contribution in [0, 0.1) is 0 Å². The number of aliphatic hydroxyl groups excluding tert-OH is 3. The largest absolute Gasteiger partial charge is 0.396 e. The van der Waals surface area contributed by atoms with Crippen LogP contribution in [0.15, 0.2) is 12.7 Å². The van der Waals surface area contributed by atoms with Crippen molar-refractivity contribution in [3.63, 3.8) is 0 Å². The first-order chi connectivity index (χ1) is 18.6. The summed E-state index contributed by atoms with van der Waals surface area (Å²) in [6.07, 6.45) is 34.2. The Morgan fingerprint density at radius 3 is 1.24 bits per heavy atom. The summed E-state index contributed by atoms with van der Waals surface area (Å²) >= 11 is 0. The third-order valence-electron chi connectivity index (χ3n) is 6.75. The van der Waals surface area contributed by atoms with E-state index in [2.05, 4.69) is 27.4 Å². The Kier molecular flexibility index (Phi) is 48.3. The molecule has 0 aromatic carbocycles. The van der Waals surface area contributed by atoms with Gasteiger partial charge < -0.3 is 20.1 Å². The normalized spacial score (nSPS) is 11.3. The maximum absolute atomic E-state index is 8.66. The van der Waals surface area contributed by atoms with Crippen LogP contribution in [0.4, 0.5) is 0 Å². The van der Waals surface area contributed by atoms with E-state index in [-0.39, 0.29) is 19.8 Å². The maximum Gasteiger partial charge on any atom is 0.0547 e. The quantitative estimate of drug-likeness (QED) is 0.0677. The van der Waals surface area contributed by atoms with Gasteiger partial charge in [-0.1, -0.05) is 142 Å². The van der Waals surface area contributed by atoms with Crippen LogP contribution < -0.4 is 0 Å². The van der Waals surface area contributed by atoms with Crippen LogP contribution in [0.2, 0.25) is 0 Å². The Labute approximate surface area is 240 Å². The van der Waals surface area contributed by atoms with Crippen molar-refractivity contribution in [2.24, 2.45) is 0 Å². The molecule has 0 saturated carbocycles. The van der Waals surface area contributed by atoms with E-state index in [1.807, 2.05) is 6.08 Å². The average molecular weight is 545 g/mol. The number of hydrogen-bond donors (Lipinski definition) is 3. The lowest BCUT2D eigenvalue weighted by molar-refractivity contribution is 0.0490. The zero-order valence-electron chi connectivity index (χ0n) is 26.4. The zero-order chi connectivity index (χ0) is 28.8. The first-order valence-corrected chi connectivity index (χ1v) is 16.7. The molecule has 1 unspecified atom stereocenters. The fourth-order valence-electron chi connectivity index (χ4n) is 4.20. The van der Waals surface area contributed by atoms with E-state index in [0.717, 1.165) is 6.42 Å². The second kappa shape index (κ2) is 43.6. The highest BCUT2D eigenvalue weighted by Crippen LogP contribution is 2.13. The van der Waals surface area contributed by atoms with Gasteiger partial charge in [0.1, 0.15) is 0 Å². The Bertz CT molecular complexity index is 373. The van der Waals surface area contributed by atoms with Gasteiger partial charge in [-0.25, -0.2) is 0 Å². The number of allylic oxidation sites excluding steroid dienone is 1. The first kappa shape index (κ1) is 42.1. The van der Waals surface area contributed by atoms with Crippen LogP contribution in [0.5, 0.6) is 0 Å². The van der Waals surface area contributed by atoms with Crippen LogP contribution in [0.25, 0.3) is 0 Å². The predicted molar refractivity (Wildman–Crippen MR) is 169 cm³/mol. The van der Waals surface area contributed by atoms with Gasteiger partial charge >= 0.3 is 0 Å². The minimum atomic E-state index is 0.0938. The Morgan fingerprint density at radius 2 is 0.895 bits per heavy atom. The van der Waals surface area contributed by atoms with Crippen LogP contribution in [-0.4, -0.2) is 47.9 Å². The van der Waals surface area contributed by atoms with Crippen LogP contribution in [0.3, 0.4) is 0 Å². The zero-order valence-corrected chi connectivity index (χ0v) is 26.4. The van der Waals surface area contributed by atoms with E-state index in [1.165, 1.54) is 141 Å². The van der Waals surface area contributed by atoms with Crippen LogP contribution in [0.1, 0.15) is 175 Å². The number of ether oxygens (including phenoxy) is 1. The van der Waals surface area contributed by atoms with E-state index < -0.39 is 0 Å². The summed E-state index contributed by atoms with van der Waals surface area (Å²) in [5.74, 6) is 0. The van der Waals surface area contributed by atoms with Gasteiger partial charge in [-0.2, -0.15) is 0 Å². The van der Waals surface area contributed by atoms with Crippen molar-refractivity contribution in [2.45, 2.75) is 181 Å². The molecule has 38 heavy (non-hydrogen) atoms. The van der Waals surface area contributed by atoms with Crippen molar-refractivity contribution >= 4 is 0 Å². The lowest BCUT2D eigenvalue weighted by atomic mass is 10.0. The lowest BCUT2D eigenvalue weighted by Gasteiger charge is -2.12. The van der Waals surface area contributed by atoms with Crippen molar-refractivity contribution in [1.29, 1.82) is 0 Å². The molecule has 3 N–H and O–H groups in total. The number of hydrogen-bond acceptors (Lipinski definition) is 4. The molecular weight excluding hydrogens is 472 g/mol. The summed E-state index contributed by atoms with van der Waals surface area (Å²) in [6, 6.07) is 0. The lowest BCUT2D eigenvalue weighted by Crippen LogP contribution is -2.09. The van der Waals surface area contributed by atoms with E-state index >= 15 is 0 Å². The molecule has 0 rings (SSSR count). The van der Waals surface area contributed by atoms with Gasteiger partial charge in [0.2, 0.25) is 0 Å². The third kappa shape index (κ3) is 48.6. The molecule has 0 spiro atoms. The van der Waals surface area contributed by atoms with Crippen molar-refractivity contribution < 1.29 is 20.1 Å². The summed E-state index contributed by atoms with van der Waals surface area (Å²) in [5, 5.41) is 24.5. The number of aliphatic hydroxyl groups is 3. The molecule has 0 heterocycles. The SMILES string of the molecule is C=CCCCCCCCCCCCC.CCCCCCCCCCCCC(C)OCCCO.OCCCO. The molecule has 1 atom stereocenters. The van der Waals surface area contributed by atoms with E-state index in [9.17, 15) is 0 Å². The van der Waals surface area contributed by atoms with Gasteiger partial charge in [0.15, 0.2) is 0 Å².